The lowest BCUT2D eigenvalue weighted by Crippen LogP contribution is -2.18. The molecule has 146 valence electrons. The molecule has 3 rings (SSSR count). The smallest absolute Gasteiger partial charge is 0.275 e. The summed E-state index contributed by atoms with van der Waals surface area (Å²) in [6, 6.07) is 12.9. The fourth-order valence-corrected chi connectivity index (χ4v) is 2.59. The third kappa shape index (κ3) is 5.37. The van der Waals surface area contributed by atoms with Crippen molar-refractivity contribution in [3.8, 4) is 11.4 Å². The van der Waals surface area contributed by atoms with E-state index < -0.39 is 0 Å². The largest absolute Gasteiger partial charge is 0.370 e. The van der Waals surface area contributed by atoms with E-state index in [0.717, 1.165) is 25.1 Å². The average molecular weight is 380 g/mol. The fourth-order valence-electron chi connectivity index (χ4n) is 2.59. The van der Waals surface area contributed by atoms with Gasteiger partial charge in [-0.1, -0.05) is 35.5 Å². The van der Waals surface area contributed by atoms with E-state index in [2.05, 4.69) is 30.7 Å². The Morgan fingerprint density at radius 2 is 1.89 bits per heavy atom. The quantitative estimate of drug-likeness (QED) is 0.580. The van der Waals surface area contributed by atoms with E-state index in [1.165, 1.54) is 0 Å². The van der Waals surface area contributed by atoms with Crippen LogP contribution in [0, 0.1) is 6.92 Å². The predicted octanol–water partition coefficient (Wildman–Crippen LogP) is 3.06. The molecule has 0 aliphatic rings. The number of hydrogen-bond acceptors (Lipinski definition) is 7. The zero-order valence-corrected chi connectivity index (χ0v) is 16.3. The summed E-state index contributed by atoms with van der Waals surface area (Å²) in [6.07, 6.45) is 0.956. The van der Waals surface area contributed by atoms with E-state index in [-0.39, 0.29) is 11.6 Å². The number of anilines is 2. The highest BCUT2D eigenvalue weighted by atomic mass is 16.5. The Balaban J connectivity index is 1.83. The van der Waals surface area contributed by atoms with Gasteiger partial charge in [-0.3, -0.25) is 4.79 Å². The predicted molar refractivity (Wildman–Crippen MR) is 108 cm³/mol. The van der Waals surface area contributed by atoms with Crippen LogP contribution < -0.4 is 10.6 Å². The second kappa shape index (κ2) is 9.09. The zero-order valence-electron chi connectivity index (χ0n) is 16.3. The topological polar surface area (TPSA) is 96.2 Å². The van der Waals surface area contributed by atoms with Gasteiger partial charge in [-0.2, -0.15) is 0 Å². The van der Waals surface area contributed by atoms with E-state index in [4.69, 9.17) is 4.52 Å². The van der Waals surface area contributed by atoms with Gasteiger partial charge in [0.1, 0.15) is 17.3 Å². The Labute approximate surface area is 164 Å². The molecule has 0 saturated heterocycles. The van der Waals surface area contributed by atoms with Gasteiger partial charge < -0.3 is 20.1 Å². The highest BCUT2D eigenvalue weighted by molar-refractivity contribution is 6.03. The number of carbonyl (C=O) groups excluding carboxylic acids is 1. The monoisotopic (exact) mass is 380 g/mol. The Hall–Kier alpha value is -3.26. The van der Waals surface area contributed by atoms with Crippen molar-refractivity contribution in [2.24, 2.45) is 0 Å². The van der Waals surface area contributed by atoms with E-state index in [1.807, 2.05) is 44.4 Å². The van der Waals surface area contributed by atoms with Crippen molar-refractivity contribution in [1.29, 1.82) is 0 Å². The van der Waals surface area contributed by atoms with Crippen LogP contribution in [0.3, 0.4) is 0 Å². The van der Waals surface area contributed by atoms with Crippen LogP contribution in [0.5, 0.6) is 0 Å². The van der Waals surface area contributed by atoms with Crippen LogP contribution in [0.15, 0.2) is 47.0 Å². The van der Waals surface area contributed by atoms with Gasteiger partial charge >= 0.3 is 0 Å². The molecule has 3 aromatic rings. The summed E-state index contributed by atoms with van der Waals surface area (Å²) in [5.41, 5.74) is 1.09. The van der Waals surface area contributed by atoms with Crippen molar-refractivity contribution in [1.82, 2.24) is 20.0 Å². The van der Waals surface area contributed by atoms with Crippen molar-refractivity contribution in [3.63, 3.8) is 0 Å². The summed E-state index contributed by atoms with van der Waals surface area (Å²) in [4.78, 5) is 23.8. The van der Waals surface area contributed by atoms with Gasteiger partial charge in [0.15, 0.2) is 11.6 Å². The molecule has 1 aromatic carbocycles. The van der Waals surface area contributed by atoms with Crippen molar-refractivity contribution in [2.75, 3.05) is 37.8 Å². The number of aryl methyl sites for hydroxylation is 1. The van der Waals surface area contributed by atoms with Crippen LogP contribution in [-0.4, -0.2) is 53.1 Å². The molecule has 8 nitrogen and oxygen atoms in total. The minimum Gasteiger partial charge on any atom is -0.370 e. The van der Waals surface area contributed by atoms with Crippen molar-refractivity contribution >= 4 is 17.5 Å². The van der Waals surface area contributed by atoms with Gasteiger partial charge in [0.2, 0.25) is 0 Å². The molecule has 0 spiro atoms. The normalized spacial score (nSPS) is 10.9. The summed E-state index contributed by atoms with van der Waals surface area (Å²) in [7, 11) is 4.07. The highest BCUT2D eigenvalue weighted by Gasteiger charge is 2.15. The van der Waals surface area contributed by atoms with Gasteiger partial charge in [0, 0.05) is 24.2 Å². The number of amides is 1. The van der Waals surface area contributed by atoms with Crippen molar-refractivity contribution in [3.05, 3.63) is 53.9 Å². The molecule has 0 bridgehead atoms. The number of nitrogens with zero attached hydrogens (tertiary/aromatic N) is 4. The number of benzene rings is 1. The van der Waals surface area contributed by atoms with Crippen LogP contribution in [-0.2, 0) is 0 Å². The molecule has 1 amide bonds. The second-order valence-electron chi connectivity index (χ2n) is 6.69. The Kier molecular flexibility index (Phi) is 6.33. The minimum atomic E-state index is -0.371. The van der Waals surface area contributed by atoms with E-state index in [9.17, 15) is 4.79 Å². The Morgan fingerprint density at radius 3 is 2.57 bits per heavy atom. The maximum atomic E-state index is 12.7. The molecule has 0 fully saturated rings. The number of carbonyl (C=O) groups is 1. The van der Waals surface area contributed by atoms with Gasteiger partial charge in [0.05, 0.1) is 0 Å². The van der Waals surface area contributed by atoms with E-state index >= 15 is 0 Å². The molecule has 28 heavy (non-hydrogen) atoms. The van der Waals surface area contributed by atoms with Crippen LogP contribution in [0.1, 0.15) is 22.7 Å². The van der Waals surface area contributed by atoms with Gasteiger partial charge in [-0.15, -0.1) is 0 Å². The second-order valence-corrected chi connectivity index (χ2v) is 6.69. The maximum Gasteiger partial charge on any atom is 0.275 e. The van der Waals surface area contributed by atoms with Crippen LogP contribution in [0.4, 0.5) is 11.6 Å². The summed E-state index contributed by atoms with van der Waals surface area (Å²) in [6.45, 7) is 3.46. The third-order valence-corrected chi connectivity index (χ3v) is 3.95. The summed E-state index contributed by atoms with van der Waals surface area (Å²) in [5.74, 6) is 1.69. The SMILES string of the molecule is Cc1cc(NC(=O)c2cc(NCCCN(C)C)nc(-c3ccccc3)n2)no1. The standard InChI is InChI=1S/C20H24N6O2/c1-14-12-18(25-28-14)24-20(27)16-13-17(21-10-7-11-26(2)3)23-19(22-16)15-8-5-4-6-9-15/h4-6,8-9,12-13H,7,10-11H2,1-3H3,(H,21,22,23)(H,24,25,27). The molecule has 0 radical (unpaired) electrons. The number of nitrogens with one attached hydrogen (secondary N) is 2. The molecular weight excluding hydrogens is 356 g/mol. The van der Waals surface area contributed by atoms with Gasteiger partial charge in [0.25, 0.3) is 5.91 Å². The first-order chi connectivity index (χ1) is 13.5. The maximum absolute atomic E-state index is 12.7. The number of aromatic nitrogens is 3. The summed E-state index contributed by atoms with van der Waals surface area (Å²) < 4.78 is 4.99. The van der Waals surface area contributed by atoms with Crippen LogP contribution in [0.2, 0.25) is 0 Å². The van der Waals surface area contributed by atoms with E-state index in [0.29, 0.717) is 23.2 Å². The fraction of sp³-hybridized carbons (Fsp3) is 0.300. The molecule has 0 aliphatic heterocycles. The molecule has 8 heteroatoms. The molecule has 2 heterocycles. The van der Waals surface area contributed by atoms with Crippen molar-refractivity contribution in [2.45, 2.75) is 13.3 Å². The summed E-state index contributed by atoms with van der Waals surface area (Å²) in [5, 5.41) is 9.77. The molecule has 0 unspecified atom stereocenters. The van der Waals surface area contributed by atoms with Crippen LogP contribution >= 0.6 is 0 Å². The van der Waals surface area contributed by atoms with E-state index in [1.54, 1.807) is 19.1 Å². The van der Waals surface area contributed by atoms with Gasteiger partial charge in [-0.25, -0.2) is 9.97 Å². The number of rotatable bonds is 8. The average Bonchev–Trinajstić information content (AvgIpc) is 3.10. The minimum absolute atomic E-state index is 0.254. The molecule has 2 N–H and O–H groups in total. The Morgan fingerprint density at radius 1 is 1.11 bits per heavy atom. The number of hydrogen-bond donors (Lipinski definition) is 2. The lowest BCUT2D eigenvalue weighted by Gasteiger charge is -2.12. The van der Waals surface area contributed by atoms with Crippen LogP contribution in [0.25, 0.3) is 11.4 Å². The Bertz CT molecular complexity index is 923. The molecule has 0 aliphatic carbocycles. The zero-order chi connectivity index (χ0) is 19.9. The molecule has 0 saturated carbocycles. The first-order valence-electron chi connectivity index (χ1n) is 9.09. The first kappa shape index (κ1) is 19.5. The summed E-state index contributed by atoms with van der Waals surface area (Å²) >= 11 is 0. The lowest BCUT2D eigenvalue weighted by molar-refractivity contribution is 0.102. The van der Waals surface area contributed by atoms with Gasteiger partial charge in [-0.05, 0) is 34.0 Å². The molecule has 0 atom stereocenters. The lowest BCUT2D eigenvalue weighted by atomic mass is 10.2. The third-order valence-electron chi connectivity index (χ3n) is 3.95. The first-order valence-corrected chi connectivity index (χ1v) is 9.09. The molecular formula is C20H24N6O2. The van der Waals surface area contributed by atoms with Crippen molar-refractivity contribution < 1.29 is 9.32 Å². The highest BCUT2D eigenvalue weighted by Crippen LogP contribution is 2.19. The molecule has 2 aromatic heterocycles.